The van der Waals surface area contributed by atoms with Crippen molar-refractivity contribution in [3.63, 3.8) is 0 Å². The maximum Gasteiger partial charge on any atom is 0.230 e. The van der Waals surface area contributed by atoms with Gasteiger partial charge in [0.2, 0.25) is 5.91 Å². The summed E-state index contributed by atoms with van der Waals surface area (Å²) in [6.45, 7) is 3.37. The van der Waals surface area contributed by atoms with E-state index in [1.165, 1.54) is 0 Å². The number of nitrogens with one attached hydrogen (secondary N) is 1. The Morgan fingerprint density at radius 3 is 2.67 bits per heavy atom. The van der Waals surface area contributed by atoms with Crippen molar-refractivity contribution in [3.05, 3.63) is 35.4 Å². The molecule has 21 heavy (non-hydrogen) atoms. The van der Waals surface area contributed by atoms with Crippen molar-refractivity contribution in [1.82, 2.24) is 10.2 Å². The van der Waals surface area contributed by atoms with E-state index in [9.17, 15) is 4.79 Å². The van der Waals surface area contributed by atoms with Gasteiger partial charge < -0.3 is 10.2 Å². The van der Waals surface area contributed by atoms with E-state index in [1.54, 1.807) is 0 Å². The maximum absolute atomic E-state index is 12.9. The predicted octanol–water partition coefficient (Wildman–Crippen LogP) is 2.05. The Labute approximate surface area is 125 Å². The van der Waals surface area contributed by atoms with E-state index in [0.29, 0.717) is 18.0 Å². The van der Waals surface area contributed by atoms with Crippen LogP contribution in [0.1, 0.15) is 36.8 Å². The summed E-state index contributed by atoms with van der Waals surface area (Å²) in [6, 6.07) is 9.67. The minimum atomic E-state index is -0.164. The molecule has 110 valence electrons. The highest BCUT2D eigenvalue weighted by Gasteiger charge is 2.44. The fourth-order valence-corrected chi connectivity index (χ4v) is 3.57. The van der Waals surface area contributed by atoms with Crippen molar-refractivity contribution in [3.8, 4) is 6.07 Å². The zero-order valence-electron chi connectivity index (χ0n) is 12.3. The third kappa shape index (κ3) is 2.79. The Hall–Kier alpha value is -1.86. The van der Waals surface area contributed by atoms with Gasteiger partial charge in [-0.25, -0.2) is 0 Å². The van der Waals surface area contributed by atoms with Crippen molar-refractivity contribution in [2.45, 2.75) is 32.2 Å². The first-order chi connectivity index (χ1) is 10.2. The molecule has 1 aromatic rings. The summed E-state index contributed by atoms with van der Waals surface area (Å²) in [5.74, 6) is 0.310. The van der Waals surface area contributed by atoms with Crippen molar-refractivity contribution >= 4 is 5.91 Å². The van der Waals surface area contributed by atoms with Gasteiger partial charge in [-0.2, -0.15) is 5.26 Å². The van der Waals surface area contributed by atoms with E-state index in [2.05, 4.69) is 11.4 Å². The lowest BCUT2D eigenvalue weighted by atomic mass is 9.73. The second-order valence-electron chi connectivity index (χ2n) is 6.20. The Morgan fingerprint density at radius 1 is 1.24 bits per heavy atom. The molecular weight excluding hydrogens is 262 g/mol. The van der Waals surface area contributed by atoms with Crippen LogP contribution in [0.25, 0.3) is 0 Å². The molecule has 2 heterocycles. The fourth-order valence-electron chi connectivity index (χ4n) is 3.57. The van der Waals surface area contributed by atoms with E-state index >= 15 is 0 Å². The average Bonchev–Trinajstić information content (AvgIpc) is 2.54. The van der Waals surface area contributed by atoms with Gasteiger partial charge in [-0.05, 0) is 49.9 Å². The molecule has 4 heteroatoms. The average molecular weight is 283 g/mol. The number of hydrogen-bond acceptors (Lipinski definition) is 3. The van der Waals surface area contributed by atoms with Gasteiger partial charge in [0.25, 0.3) is 0 Å². The summed E-state index contributed by atoms with van der Waals surface area (Å²) >= 11 is 0. The molecule has 3 rings (SSSR count). The lowest BCUT2D eigenvalue weighted by Gasteiger charge is -2.44. The minimum Gasteiger partial charge on any atom is -0.338 e. The van der Waals surface area contributed by atoms with Crippen LogP contribution in [-0.4, -0.2) is 30.4 Å². The van der Waals surface area contributed by atoms with E-state index in [-0.39, 0.29) is 5.41 Å². The highest BCUT2D eigenvalue weighted by atomic mass is 16.2. The van der Waals surface area contributed by atoms with Crippen molar-refractivity contribution in [1.29, 1.82) is 5.26 Å². The first kappa shape index (κ1) is 14.1. The summed E-state index contributed by atoms with van der Waals surface area (Å²) < 4.78 is 0. The lowest BCUT2D eigenvalue weighted by molar-refractivity contribution is -0.148. The topological polar surface area (TPSA) is 56.1 Å². The number of likely N-dealkylation sites (tertiary alicyclic amines) is 1. The Balaban J connectivity index is 1.72. The number of benzene rings is 1. The van der Waals surface area contributed by atoms with Crippen LogP contribution in [-0.2, 0) is 11.3 Å². The molecule has 0 bridgehead atoms. The summed E-state index contributed by atoms with van der Waals surface area (Å²) in [4.78, 5) is 14.9. The monoisotopic (exact) mass is 283 g/mol. The minimum absolute atomic E-state index is 0.164. The van der Waals surface area contributed by atoms with Crippen molar-refractivity contribution < 1.29 is 4.79 Å². The van der Waals surface area contributed by atoms with Crippen molar-refractivity contribution in [2.75, 3.05) is 19.6 Å². The molecule has 1 aromatic carbocycles. The molecule has 1 amide bonds. The molecule has 0 aromatic heterocycles. The quantitative estimate of drug-likeness (QED) is 0.903. The Kier molecular flexibility index (Phi) is 3.94. The number of nitrogens with zero attached hydrogens (tertiary/aromatic N) is 2. The van der Waals surface area contributed by atoms with E-state index in [0.717, 1.165) is 50.9 Å². The van der Waals surface area contributed by atoms with E-state index in [4.69, 9.17) is 5.26 Å². The van der Waals surface area contributed by atoms with Crippen molar-refractivity contribution in [2.24, 2.45) is 5.41 Å². The normalized spacial score (nSPS) is 25.9. The maximum atomic E-state index is 12.9. The van der Waals surface area contributed by atoms with Crippen LogP contribution in [0.15, 0.2) is 24.3 Å². The van der Waals surface area contributed by atoms with Gasteiger partial charge in [0, 0.05) is 19.6 Å². The highest BCUT2D eigenvalue weighted by Crippen LogP contribution is 2.37. The van der Waals surface area contributed by atoms with Gasteiger partial charge >= 0.3 is 0 Å². The molecule has 1 atom stereocenters. The predicted molar refractivity (Wildman–Crippen MR) is 80.3 cm³/mol. The first-order valence-electron chi connectivity index (χ1n) is 7.73. The molecule has 1 N–H and O–H groups in total. The number of rotatable bonds is 2. The molecule has 2 aliphatic heterocycles. The number of nitriles is 1. The van der Waals surface area contributed by atoms with Gasteiger partial charge in [0.15, 0.2) is 0 Å². The SMILES string of the molecule is N#Cc1ccc(CN2CCCC3(CCCNC3)C2=O)cc1. The third-order valence-corrected chi connectivity index (χ3v) is 4.75. The highest BCUT2D eigenvalue weighted by molar-refractivity contribution is 5.84. The fraction of sp³-hybridized carbons (Fsp3) is 0.529. The summed E-state index contributed by atoms with van der Waals surface area (Å²) in [6.07, 6.45) is 4.21. The van der Waals surface area contributed by atoms with Crippen LogP contribution >= 0.6 is 0 Å². The number of amides is 1. The van der Waals surface area contributed by atoms with Gasteiger partial charge in [0.1, 0.15) is 0 Å². The molecule has 1 spiro atoms. The van der Waals surface area contributed by atoms with Gasteiger partial charge in [-0.1, -0.05) is 12.1 Å². The lowest BCUT2D eigenvalue weighted by Crippen LogP contribution is -2.54. The summed E-state index contributed by atoms with van der Waals surface area (Å²) in [5, 5.41) is 12.2. The zero-order valence-corrected chi connectivity index (χ0v) is 12.3. The molecule has 2 saturated heterocycles. The van der Waals surface area contributed by atoms with E-state index in [1.807, 2.05) is 29.2 Å². The molecule has 0 aliphatic carbocycles. The Morgan fingerprint density at radius 2 is 2.00 bits per heavy atom. The molecule has 2 fully saturated rings. The molecule has 4 nitrogen and oxygen atoms in total. The largest absolute Gasteiger partial charge is 0.338 e. The van der Waals surface area contributed by atoms with Gasteiger partial charge in [0.05, 0.1) is 17.0 Å². The number of carbonyl (C=O) groups is 1. The summed E-state index contributed by atoms with van der Waals surface area (Å²) in [5.41, 5.74) is 1.60. The molecule has 0 radical (unpaired) electrons. The standard InChI is InChI=1S/C17H21N3O/c18-11-14-3-5-15(6-4-14)12-20-10-2-8-17(16(20)21)7-1-9-19-13-17/h3-6,19H,1-2,7-10,12-13H2. The smallest absolute Gasteiger partial charge is 0.230 e. The number of hydrogen-bond donors (Lipinski definition) is 1. The second-order valence-corrected chi connectivity index (χ2v) is 6.20. The summed E-state index contributed by atoms with van der Waals surface area (Å²) in [7, 11) is 0. The first-order valence-corrected chi connectivity index (χ1v) is 7.73. The number of carbonyl (C=O) groups excluding carboxylic acids is 1. The second kappa shape index (κ2) is 5.87. The number of piperidine rings is 2. The van der Waals surface area contributed by atoms with Crippen LogP contribution in [0.3, 0.4) is 0 Å². The van der Waals surface area contributed by atoms with Gasteiger partial charge in [-0.15, -0.1) is 0 Å². The third-order valence-electron chi connectivity index (χ3n) is 4.75. The van der Waals surface area contributed by atoms with Crippen LogP contribution in [0, 0.1) is 16.7 Å². The van der Waals surface area contributed by atoms with Gasteiger partial charge in [-0.3, -0.25) is 4.79 Å². The molecule has 1 unspecified atom stereocenters. The molecule has 0 saturated carbocycles. The molecular formula is C17H21N3O. The Bertz CT molecular complexity index is 547. The van der Waals surface area contributed by atoms with Crippen LogP contribution in [0.2, 0.25) is 0 Å². The zero-order chi connectivity index (χ0) is 14.7. The van der Waals surface area contributed by atoms with E-state index < -0.39 is 0 Å². The van der Waals surface area contributed by atoms with Crippen LogP contribution < -0.4 is 5.32 Å². The molecule has 2 aliphatic rings. The van der Waals surface area contributed by atoms with Crippen LogP contribution in [0.4, 0.5) is 0 Å². The van der Waals surface area contributed by atoms with Crippen LogP contribution in [0.5, 0.6) is 0 Å².